The van der Waals surface area contributed by atoms with Crippen LogP contribution < -0.4 is 5.46 Å². The molecule has 14 aromatic carbocycles. The van der Waals surface area contributed by atoms with Crippen molar-refractivity contribution in [2.24, 2.45) is 0 Å². The Kier molecular flexibility index (Phi) is 22.2. The van der Waals surface area contributed by atoms with Crippen LogP contribution in [-0.2, 0) is 0 Å². The molecule has 15 heteroatoms. The molecule has 119 heavy (non-hydrogen) atoms. The minimum atomic E-state index is -1.38. The lowest BCUT2D eigenvalue weighted by molar-refractivity contribution is 0.426. The van der Waals surface area contributed by atoms with Crippen molar-refractivity contribution >= 4 is 76.8 Å². The van der Waals surface area contributed by atoms with Gasteiger partial charge in [-0.25, -0.2) is 49.8 Å². The van der Waals surface area contributed by atoms with Gasteiger partial charge in [-0.2, -0.15) is 0 Å². The Morgan fingerprint density at radius 2 is 0.378 bits per heavy atom. The van der Waals surface area contributed by atoms with Gasteiger partial charge in [-0.05, 0) is 145 Å². The van der Waals surface area contributed by atoms with Crippen LogP contribution in [0.25, 0.3) is 191 Å². The summed E-state index contributed by atoms with van der Waals surface area (Å²) in [6.45, 7) is 0. The van der Waals surface area contributed by atoms with E-state index in [1.165, 1.54) is 32.7 Å². The first-order valence-corrected chi connectivity index (χ1v) is 40.4. The van der Waals surface area contributed by atoms with Crippen molar-refractivity contribution in [3.05, 3.63) is 415 Å². The van der Waals surface area contributed by atoms with Crippen LogP contribution in [0.1, 0.15) is 0 Å². The lowest BCUT2D eigenvalue weighted by Gasteiger charge is -2.12. The summed E-state index contributed by atoms with van der Waals surface area (Å²) in [4.78, 5) is 50.5. The topological polar surface area (TPSA) is 169 Å². The zero-order chi connectivity index (χ0) is 80.4. The normalized spacial score (nSPS) is 11.0. The Balaban J connectivity index is 0.000000148. The summed E-state index contributed by atoms with van der Waals surface area (Å²) >= 11 is 7.07. The van der Waals surface area contributed by atoms with Gasteiger partial charge in [0.25, 0.3) is 0 Å². The van der Waals surface area contributed by atoms with Crippen LogP contribution >= 0.6 is 31.9 Å². The molecule has 20 rings (SSSR count). The van der Waals surface area contributed by atoms with Crippen molar-refractivity contribution in [3.63, 3.8) is 0 Å². The van der Waals surface area contributed by atoms with E-state index in [0.717, 1.165) is 121 Å². The van der Waals surface area contributed by atoms with Gasteiger partial charge in [0.05, 0.1) is 45.6 Å². The average molecular weight is 1660 g/mol. The maximum absolute atomic E-state index is 8.94. The highest BCUT2D eigenvalue weighted by molar-refractivity contribution is 9.10. The molecular formula is C104H69BBr2N10O2. The van der Waals surface area contributed by atoms with Crippen LogP contribution in [0.3, 0.4) is 0 Å². The molecule has 6 heterocycles. The lowest BCUT2D eigenvalue weighted by Crippen LogP contribution is -2.29. The second-order valence-corrected chi connectivity index (χ2v) is 30.2. The molecule has 0 fully saturated rings. The van der Waals surface area contributed by atoms with E-state index in [4.69, 9.17) is 59.9 Å². The molecule has 564 valence electrons. The molecule has 2 N–H and O–H groups in total. The minimum Gasteiger partial charge on any atom is -0.423 e. The first-order valence-electron chi connectivity index (χ1n) is 38.8. The number of hydrogen-bond donors (Lipinski definition) is 2. The molecule has 12 nitrogen and oxygen atoms in total. The summed E-state index contributed by atoms with van der Waals surface area (Å²) < 4.78 is 2.02. The Hall–Kier alpha value is -14.6. The molecule has 0 bridgehead atoms. The van der Waals surface area contributed by atoms with E-state index in [1.54, 1.807) is 12.1 Å². The fourth-order valence-electron chi connectivity index (χ4n) is 14.2. The van der Waals surface area contributed by atoms with Gasteiger partial charge in [0.2, 0.25) is 0 Å². The number of rotatable bonds is 15. The molecule has 0 aliphatic carbocycles. The van der Waals surface area contributed by atoms with E-state index in [2.05, 4.69) is 202 Å². The summed E-state index contributed by atoms with van der Waals surface area (Å²) in [6.07, 6.45) is 0. The van der Waals surface area contributed by atoms with Gasteiger partial charge >= 0.3 is 7.12 Å². The molecular weight excluding hydrogens is 1590 g/mol. The minimum absolute atomic E-state index is 0.519. The third kappa shape index (κ3) is 17.7. The van der Waals surface area contributed by atoms with Crippen molar-refractivity contribution < 1.29 is 10.0 Å². The highest BCUT2D eigenvalue weighted by Gasteiger charge is 2.20. The van der Waals surface area contributed by atoms with E-state index in [9.17, 15) is 0 Å². The van der Waals surface area contributed by atoms with Gasteiger partial charge < -0.3 is 10.0 Å². The zero-order valence-corrected chi connectivity index (χ0v) is 67.1. The molecule has 0 radical (unpaired) electrons. The van der Waals surface area contributed by atoms with Gasteiger partial charge in [-0.1, -0.05) is 353 Å². The van der Waals surface area contributed by atoms with Crippen molar-refractivity contribution in [2.45, 2.75) is 0 Å². The molecule has 0 atom stereocenters. The summed E-state index contributed by atoms with van der Waals surface area (Å²) in [5, 5.41) is 24.9. The molecule has 20 aromatic rings. The molecule has 0 aliphatic rings. The van der Waals surface area contributed by atoms with Crippen molar-refractivity contribution in [1.82, 2.24) is 49.8 Å². The molecule has 6 aromatic heterocycles. The molecule has 0 aliphatic heterocycles. The second-order valence-electron chi connectivity index (χ2n) is 28.4. The van der Waals surface area contributed by atoms with Crippen molar-refractivity contribution in [2.75, 3.05) is 0 Å². The second kappa shape index (κ2) is 34.9. The lowest BCUT2D eigenvalue weighted by atomic mass is 9.79. The summed E-state index contributed by atoms with van der Waals surface area (Å²) in [5.41, 5.74) is 22.1. The predicted molar refractivity (Wildman–Crippen MR) is 491 cm³/mol. The van der Waals surface area contributed by atoms with E-state index in [-0.39, 0.29) is 0 Å². The van der Waals surface area contributed by atoms with Crippen LogP contribution in [0.2, 0.25) is 0 Å². The Morgan fingerprint density at radius 1 is 0.160 bits per heavy atom. The Labute approximate surface area is 705 Å². The molecule has 0 unspecified atom stereocenters. The van der Waals surface area contributed by atoms with E-state index in [1.807, 2.05) is 224 Å². The van der Waals surface area contributed by atoms with Crippen LogP contribution in [0, 0.1) is 0 Å². The van der Waals surface area contributed by atoms with Gasteiger partial charge in [-0.15, -0.1) is 0 Å². The zero-order valence-electron chi connectivity index (χ0n) is 63.9. The SMILES string of the molecule is Brc1ccc(-c2cc(-c3ccccc3)nc(-c3cccc(-c4nc(-c5ccccc5)cc(-c5ccc(Br)cc5)n4)n3)n2)cc1.OB(O)c1ccc2ccccc2c1.c1ccc(-c2cc(-c3ccc(-c4ccc5ccccc5c4)cc3)nc(-c3cccc(-c4nc(-c5ccccc5)cc(-c5ccc(-c6ccc7ccccc7c6)cc5)n4)n3)n2)cc1. The third-order valence-corrected chi connectivity index (χ3v) is 21.5. The van der Waals surface area contributed by atoms with Crippen LogP contribution in [0.15, 0.2) is 415 Å². The van der Waals surface area contributed by atoms with Gasteiger partial charge in [-0.3, -0.25) is 0 Å². The van der Waals surface area contributed by atoms with E-state index < -0.39 is 7.12 Å². The monoisotopic (exact) mass is 1660 g/mol. The number of benzene rings is 14. The number of fused-ring (bicyclic) bond motifs is 3. The number of hydrogen-bond acceptors (Lipinski definition) is 12. The van der Waals surface area contributed by atoms with Crippen LogP contribution in [0.5, 0.6) is 0 Å². The number of aromatic nitrogens is 10. The van der Waals surface area contributed by atoms with Gasteiger partial charge in [0, 0.05) is 53.5 Å². The molecule has 0 spiro atoms. The first kappa shape index (κ1) is 75.8. The van der Waals surface area contributed by atoms with Crippen LogP contribution in [-0.4, -0.2) is 67.0 Å². The van der Waals surface area contributed by atoms with E-state index >= 15 is 0 Å². The van der Waals surface area contributed by atoms with E-state index in [0.29, 0.717) is 51.5 Å². The fraction of sp³-hybridized carbons (Fsp3) is 0. The van der Waals surface area contributed by atoms with Gasteiger partial charge in [0.15, 0.2) is 23.3 Å². The summed E-state index contributed by atoms with van der Waals surface area (Å²) in [5.74, 6) is 2.09. The average Bonchev–Trinajstić information content (AvgIpc) is 0.789. The maximum atomic E-state index is 8.94. The standard InChI is InChI=1S/C57H37N5.C37H23Br2N5.C10H9BO2/c1-3-14-42(15-4-1)52-36-54(44-28-22-40(23-29-44)48-32-26-38-12-7-9-18-46(38)34-48)61-56(59-52)50-20-11-21-51(58-50)57-60-53(43-16-5-2-6-17-43)37-55(62-57)45-30-24-41(25-31-45)49-33-27-39-13-8-10-19-47(39)35-49;38-28-18-14-26(15-19-28)34-22-32(24-8-3-1-4-9-24)41-36(43-34)30-12-7-13-31(40-30)37-42-33(25-10-5-2-6-11-25)23-35(44-37)27-16-20-29(39)21-17-27;12-11(13)10-6-5-8-3-1-2-4-9(8)7-10/h1-37H;1-23H;1-7,12-13H. The highest BCUT2D eigenvalue weighted by Crippen LogP contribution is 2.37. The summed E-state index contributed by atoms with van der Waals surface area (Å²) in [7, 11) is -1.38. The largest absolute Gasteiger partial charge is 0.488 e. The Morgan fingerprint density at radius 3 is 0.655 bits per heavy atom. The summed E-state index contributed by atoms with van der Waals surface area (Å²) in [6, 6.07) is 137. The van der Waals surface area contributed by atoms with Crippen LogP contribution in [0.4, 0.5) is 0 Å². The highest BCUT2D eigenvalue weighted by atomic mass is 79.9. The number of halogens is 2. The number of pyridine rings is 2. The Bertz CT molecular complexity index is 6650. The quantitative estimate of drug-likeness (QED) is 0.0933. The molecule has 0 saturated carbocycles. The molecule has 0 saturated heterocycles. The molecule has 0 amide bonds. The van der Waals surface area contributed by atoms with Crippen molar-refractivity contribution in [1.29, 1.82) is 0 Å². The fourth-order valence-corrected chi connectivity index (χ4v) is 14.8. The van der Waals surface area contributed by atoms with Gasteiger partial charge in [0.1, 0.15) is 22.8 Å². The number of nitrogens with zero attached hydrogens (tertiary/aromatic N) is 10. The first-order chi connectivity index (χ1) is 58.5. The van der Waals surface area contributed by atoms with Crippen molar-refractivity contribution in [3.8, 4) is 158 Å². The smallest absolute Gasteiger partial charge is 0.423 e. The predicted octanol–water partition coefficient (Wildman–Crippen LogP) is 25.0. The maximum Gasteiger partial charge on any atom is 0.488 e. The third-order valence-electron chi connectivity index (χ3n) is 20.5.